The number of nitrogens with one attached hydrogen (secondary N) is 2. The van der Waals surface area contributed by atoms with Crippen LogP contribution in [0.25, 0.3) is 0 Å². The van der Waals surface area contributed by atoms with Gasteiger partial charge in [-0.2, -0.15) is 5.26 Å². The normalized spacial score (nSPS) is 13.7. The first-order chi connectivity index (χ1) is 13.7. The first-order valence-electron chi connectivity index (χ1n) is 9.52. The first-order valence-corrected chi connectivity index (χ1v) is 9.52. The third kappa shape index (κ3) is 5.36. The molecule has 3 amide bonds. The van der Waals surface area contributed by atoms with Gasteiger partial charge in [0.2, 0.25) is 0 Å². The van der Waals surface area contributed by atoms with Crippen LogP contribution in [0, 0.1) is 11.3 Å². The second-order valence-corrected chi connectivity index (χ2v) is 6.87. The van der Waals surface area contributed by atoms with E-state index in [-0.39, 0.29) is 30.9 Å². The third-order valence-electron chi connectivity index (χ3n) is 4.80. The molecule has 1 saturated carbocycles. The van der Waals surface area contributed by atoms with Crippen molar-refractivity contribution in [1.82, 2.24) is 10.2 Å². The van der Waals surface area contributed by atoms with E-state index < -0.39 is 0 Å². The summed E-state index contributed by atoms with van der Waals surface area (Å²) in [7, 11) is 0. The van der Waals surface area contributed by atoms with Gasteiger partial charge in [0.25, 0.3) is 5.91 Å². The van der Waals surface area contributed by atoms with Gasteiger partial charge >= 0.3 is 6.03 Å². The van der Waals surface area contributed by atoms with Gasteiger partial charge in [-0.1, -0.05) is 12.8 Å². The Morgan fingerprint density at radius 2 is 1.93 bits per heavy atom. The Hall–Kier alpha value is -3.27. The predicted molar refractivity (Wildman–Crippen MR) is 105 cm³/mol. The summed E-state index contributed by atoms with van der Waals surface area (Å²) < 4.78 is 5.29. The summed E-state index contributed by atoms with van der Waals surface area (Å²) in [6, 6.07) is 12.3. The molecule has 1 heterocycles. The summed E-state index contributed by atoms with van der Waals surface area (Å²) in [5.41, 5.74) is 1.16. The topological polar surface area (TPSA) is 98.4 Å². The van der Waals surface area contributed by atoms with E-state index >= 15 is 0 Å². The summed E-state index contributed by atoms with van der Waals surface area (Å²) in [6.45, 7) is 0.577. The molecule has 146 valence electrons. The van der Waals surface area contributed by atoms with Crippen LogP contribution >= 0.6 is 0 Å². The highest BCUT2D eigenvalue weighted by Crippen LogP contribution is 2.19. The van der Waals surface area contributed by atoms with Crippen molar-refractivity contribution < 1.29 is 14.0 Å². The molecule has 7 heteroatoms. The summed E-state index contributed by atoms with van der Waals surface area (Å²) in [5, 5.41) is 14.7. The molecule has 2 aromatic rings. The molecule has 1 aliphatic carbocycles. The molecule has 1 aromatic carbocycles. The number of carbonyl (C=O) groups is 2. The average molecular weight is 380 g/mol. The molecule has 1 fully saturated rings. The molecule has 3 rings (SSSR count). The lowest BCUT2D eigenvalue weighted by molar-refractivity contribution is 0.0938. The number of furan rings is 1. The maximum Gasteiger partial charge on any atom is 0.322 e. The number of nitrogens with zero attached hydrogens (tertiary/aromatic N) is 2. The number of rotatable bonds is 7. The lowest BCUT2D eigenvalue weighted by Gasteiger charge is -2.21. The van der Waals surface area contributed by atoms with Gasteiger partial charge in [-0.05, 0) is 49.2 Å². The van der Waals surface area contributed by atoms with E-state index in [2.05, 4.69) is 10.6 Å². The fraction of sp³-hybridized carbons (Fsp3) is 0.381. The number of hydrogen-bond acceptors (Lipinski definition) is 4. The standard InChI is InChI=1S/C21H24N4O3/c22-12-4-13-25(15-19-7-3-14-28-19)21(27)24-18-10-8-16(9-11-18)20(26)23-17-5-1-2-6-17/h3,7-11,14,17H,1-2,4-6,13,15H2,(H,23,26)(H,24,27). The highest BCUT2D eigenvalue weighted by Gasteiger charge is 2.18. The molecule has 1 aromatic heterocycles. The van der Waals surface area contributed by atoms with E-state index in [1.165, 1.54) is 4.90 Å². The Morgan fingerprint density at radius 3 is 2.57 bits per heavy atom. The molecule has 0 spiro atoms. The van der Waals surface area contributed by atoms with E-state index in [4.69, 9.17) is 9.68 Å². The van der Waals surface area contributed by atoms with E-state index in [0.717, 1.165) is 25.7 Å². The van der Waals surface area contributed by atoms with Crippen molar-refractivity contribution >= 4 is 17.6 Å². The second-order valence-electron chi connectivity index (χ2n) is 6.87. The predicted octanol–water partition coefficient (Wildman–Crippen LogP) is 3.90. The molecule has 0 aliphatic heterocycles. The zero-order chi connectivity index (χ0) is 19.8. The highest BCUT2D eigenvalue weighted by molar-refractivity contribution is 5.95. The van der Waals surface area contributed by atoms with Crippen molar-refractivity contribution in [3.63, 3.8) is 0 Å². The van der Waals surface area contributed by atoms with E-state index in [0.29, 0.717) is 23.6 Å². The van der Waals surface area contributed by atoms with Crippen LogP contribution in [0.4, 0.5) is 10.5 Å². The van der Waals surface area contributed by atoms with Crippen LogP contribution in [-0.2, 0) is 6.54 Å². The minimum absolute atomic E-state index is 0.0850. The molecular formula is C21H24N4O3. The minimum Gasteiger partial charge on any atom is -0.467 e. The lowest BCUT2D eigenvalue weighted by Crippen LogP contribution is -2.35. The van der Waals surface area contributed by atoms with Crippen molar-refractivity contribution in [2.24, 2.45) is 0 Å². The fourth-order valence-corrected chi connectivity index (χ4v) is 3.27. The molecule has 0 radical (unpaired) electrons. The van der Waals surface area contributed by atoms with Gasteiger partial charge in [0.15, 0.2) is 0 Å². The van der Waals surface area contributed by atoms with Crippen molar-refractivity contribution in [1.29, 1.82) is 5.26 Å². The van der Waals surface area contributed by atoms with Gasteiger partial charge in [0, 0.05) is 23.8 Å². The molecule has 0 atom stereocenters. The molecule has 0 bridgehead atoms. The monoisotopic (exact) mass is 380 g/mol. The van der Waals surface area contributed by atoms with Gasteiger partial charge in [-0.25, -0.2) is 4.79 Å². The number of urea groups is 1. The Balaban J connectivity index is 1.58. The third-order valence-corrected chi connectivity index (χ3v) is 4.80. The largest absolute Gasteiger partial charge is 0.467 e. The van der Waals surface area contributed by atoms with E-state index in [1.54, 1.807) is 42.7 Å². The zero-order valence-corrected chi connectivity index (χ0v) is 15.7. The molecule has 2 N–H and O–H groups in total. The van der Waals surface area contributed by atoms with Crippen LogP contribution in [0.2, 0.25) is 0 Å². The maximum absolute atomic E-state index is 12.6. The SMILES string of the molecule is N#CCCN(Cc1ccco1)C(=O)Nc1ccc(C(=O)NC2CCCC2)cc1. The molecule has 0 saturated heterocycles. The van der Waals surface area contributed by atoms with Crippen LogP contribution in [0.1, 0.15) is 48.2 Å². The van der Waals surface area contributed by atoms with Crippen LogP contribution in [-0.4, -0.2) is 29.4 Å². The first kappa shape index (κ1) is 19.5. The van der Waals surface area contributed by atoms with Crippen molar-refractivity contribution in [2.45, 2.75) is 44.7 Å². The van der Waals surface area contributed by atoms with Crippen LogP contribution in [0.3, 0.4) is 0 Å². The van der Waals surface area contributed by atoms with E-state index in [1.807, 2.05) is 6.07 Å². The van der Waals surface area contributed by atoms with Gasteiger partial charge in [-0.15, -0.1) is 0 Å². The molecular weight excluding hydrogens is 356 g/mol. The van der Waals surface area contributed by atoms with Gasteiger partial charge in [-0.3, -0.25) is 4.79 Å². The lowest BCUT2D eigenvalue weighted by atomic mass is 10.1. The Bertz CT molecular complexity index is 818. The fourth-order valence-electron chi connectivity index (χ4n) is 3.27. The van der Waals surface area contributed by atoms with Gasteiger partial charge < -0.3 is 20.0 Å². The summed E-state index contributed by atoms with van der Waals surface area (Å²) >= 11 is 0. The quantitative estimate of drug-likeness (QED) is 0.761. The Kier molecular flexibility index (Phi) is 6.68. The zero-order valence-electron chi connectivity index (χ0n) is 15.7. The molecule has 1 aliphatic rings. The molecule has 28 heavy (non-hydrogen) atoms. The van der Waals surface area contributed by atoms with Gasteiger partial charge in [0.05, 0.1) is 25.3 Å². The Morgan fingerprint density at radius 1 is 1.18 bits per heavy atom. The van der Waals surface area contributed by atoms with Crippen molar-refractivity contribution in [3.8, 4) is 6.07 Å². The van der Waals surface area contributed by atoms with E-state index in [9.17, 15) is 9.59 Å². The van der Waals surface area contributed by atoms with Crippen LogP contribution in [0.15, 0.2) is 47.1 Å². The smallest absolute Gasteiger partial charge is 0.322 e. The van der Waals surface area contributed by atoms with Crippen LogP contribution < -0.4 is 10.6 Å². The number of nitriles is 1. The molecule has 0 unspecified atom stereocenters. The summed E-state index contributed by atoms with van der Waals surface area (Å²) in [5.74, 6) is 0.560. The average Bonchev–Trinajstić information content (AvgIpc) is 3.39. The van der Waals surface area contributed by atoms with Gasteiger partial charge in [0.1, 0.15) is 5.76 Å². The van der Waals surface area contributed by atoms with Crippen molar-refractivity contribution in [3.05, 3.63) is 54.0 Å². The summed E-state index contributed by atoms with van der Waals surface area (Å²) in [4.78, 5) is 26.4. The highest BCUT2D eigenvalue weighted by atomic mass is 16.3. The Labute approximate surface area is 164 Å². The maximum atomic E-state index is 12.6. The summed E-state index contributed by atoms with van der Waals surface area (Å²) in [6.07, 6.45) is 6.17. The second kappa shape index (κ2) is 9.60. The van der Waals surface area contributed by atoms with Crippen LogP contribution in [0.5, 0.6) is 0 Å². The van der Waals surface area contributed by atoms with Crippen molar-refractivity contribution in [2.75, 3.05) is 11.9 Å². The number of benzene rings is 1. The number of anilines is 1. The number of hydrogen-bond donors (Lipinski definition) is 2. The minimum atomic E-state index is -0.324. The number of carbonyl (C=O) groups excluding carboxylic acids is 2. The molecule has 7 nitrogen and oxygen atoms in total. The number of amides is 3.